The van der Waals surface area contributed by atoms with Crippen LogP contribution in [-0.2, 0) is 15.6 Å². The molecule has 0 aliphatic rings. The van der Waals surface area contributed by atoms with E-state index in [9.17, 15) is 9.00 Å². The van der Waals surface area contributed by atoms with E-state index in [0.29, 0.717) is 5.75 Å². The van der Waals surface area contributed by atoms with Crippen molar-refractivity contribution in [3.05, 3.63) is 29.8 Å². The maximum absolute atomic E-state index is 11.4. The minimum absolute atomic E-state index is 0.0195. The molecule has 5 heteroatoms. The lowest BCUT2D eigenvalue weighted by molar-refractivity contribution is -0.119. The molecule has 0 spiro atoms. The first-order valence-corrected chi connectivity index (χ1v) is 8.21. The fraction of sp³-hybridized carbons (Fsp3) is 0.417. The zero-order valence-corrected chi connectivity index (χ0v) is 11.9. The Morgan fingerprint density at radius 3 is 2.47 bits per heavy atom. The van der Waals surface area contributed by atoms with E-state index in [1.54, 1.807) is 6.26 Å². The van der Waals surface area contributed by atoms with Gasteiger partial charge in [0.25, 0.3) is 0 Å². The van der Waals surface area contributed by atoms with Gasteiger partial charge in [0, 0.05) is 22.0 Å². The zero-order chi connectivity index (χ0) is 12.8. The van der Waals surface area contributed by atoms with Crippen LogP contribution >= 0.6 is 11.8 Å². The maximum atomic E-state index is 11.4. The lowest BCUT2D eigenvalue weighted by Crippen LogP contribution is -2.28. The Balaban J connectivity index is 2.66. The van der Waals surface area contributed by atoms with Crippen LogP contribution in [0.25, 0.3) is 0 Å². The van der Waals surface area contributed by atoms with Gasteiger partial charge in [-0.05, 0) is 30.9 Å². The minimum atomic E-state index is -0.955. The molecule has 94 valence electrons. The first kappa shape index (κ1) is 14.3. The van der Waals surface area contributed by atoms with E-state index >= 15 is 0 Å². The Morgan fingerprint density at radius 1 is 1.41 bits per heavy atom. The number of hydrogen-bond acceptors (Lipinski definition) is 3. The second-order valence-electron chi connectivity index (χ2n) is 3.75. The summed E-state index contributed by atoms with van der Waals surface area (Å²) in [4.78, 5) is 12.2. The smallest absolute Gasteiger partial charge is 0.230 e. The average Bonchev–Trinajstić information content (AvgIpc) is 2.29. The highest BCUT2D eigenvalue weighted by Crippen LogP contribution is 2.15. The Morgan fingerprint density at radius 2 is 2.00 bits per heavy atom. The molecule has 0 aliphatic carbocycles. The number of rotatable bonds is 5. The van der Waals surface area contributed by atoms with E-state index in [1.165, 1.54) is 11.8 Å². The summed E-state index contributed by atoms with van der Waals surface area (Å²) in [5.74, 6) is 0.509. The van der Waals surface area contributed by atoms with Crippen LogP contribution in [0.5, 0.6) is 0 Å². The van der Waals surface area contributed by atoms with Gasteiger partial charge in [0.2, 0.25) is 5.91 Å². The molecule has 0 fully saturated rings. The minimum Gasteiger partial charge on any atom is -0.349 e. The van der Waals surface area contributed by atoms with E-state index in [2.05, 4.69) is 5.32 Å². The van der Waals surface area contributed by atoms with Crippen molar-refractivity contribution in [3.8, 4) is 0 Å². The third-order valence-corrected chi connectivity index (χ3v) is 3.85. The van der Waals surface area contributed by atoms with Crippen LogP contribution in [0.15, 0.2) is 29.2 Å². The van der Waals surface area contributed by atoms with Gasteiger partial charge >= 0.3 is 0 Å². The number of amides is 1. The molecule has 0 saturated heterocycles. The highest BCUT2D eigenvalue weighted by atomic mass is 32.2. The van der Waals surface area contributed by atoms with Crippen molar-refractivity contribution in [2.24, 2.45) is 0 Å². The van der Waals surface area contributed by atoms with Gasteiger partial charge in [-0.15, -0.1) is 0 Å². The lowest BCUT2D eigenvalue weighted by Gasteiger charge is -2.14. The number of thioether (sulfide) groups is 1. The molecule has 1 rings (SSSR count). The van der Waals surface area contributed by atoms with Crippen LogP contribution in [-0.4, -0.2) is 28.4 Å². The molecule has 0 saturated carbocycles. The van der Waals surface area contributed by atoms with E-state index in [0.717, 1.165) is 10.5 Å². The Labute approximate surface area is 109 Å². The van der Waals surface area contributed by atoms with E-state index < -0.39 is 10.8 Å². The van der Waals surface area contributed by atoms with Gasteiger partial charge < -0.3 is 5.32 Å². The number of carbonyl (C=O) groups is 1. The second kappa shape index (κ2) is 6.81. The Kier molecular flexibility index (Phi) is 5.71. The quantitative estimate of drug-likeness (QED) is 0.890. The molecular weight excluding hydrogens is 254 g/mol. The first-order valence-electron chi connectivity index (χ1n) is 5.26. The number of hydrogen-bond donors (Lipinski definition) is 1. The largest absolute Gasteiger partial charge is 0.349 e. The third-order valence-electron chi connectivity index (χ3n) is 2.36. The maximum Gasteiger partial charge on any atom is 0.230 e. The van der Waals surface area contributed by atoms with Gasteiger partial charge in [0.05, 0.1) is 11.8 Å². The molecule has 0 radical (unpaired) electrons. The van der Waals surface area contributed by atoms with Crippen molar-refractivity contribution in [1.82, 2.24) is 5.32 Å². The second-order valence-corrected chi connectivity index (χ2v) is 5.99. The molecule has 1 aromatic rings. The van der Waals surface area contributed by atoms with Crippen molar-refractivity contribution in [1.29, 1.82) is 0 Å². The van der Waals surface area contributed by atoms with Gasteiger partial charge in [0.1, 0.15) is 0 Å². The SMILES string of the molecule is CSCC(=O)N[C@@H](C)c1ccc([S@](C)=O)cc1. The van der Waals surface area contributed by atoms with Crippen molar-refractivity contribution >= 4 is 28.5 Å². The molecule has 1 aromatic carbocycles. The van der Waals surface area contributed by atoms with Gasteiger partial charge in [-0.1, -0.05) is 12.1 Å². The summed E-state index contributed by atoms with van der Waals surface area (Å²) < 4.78 is 11.2. The number of benzene rings is 1. The lowest BCUT2D eigenvalue weighted by atomic mass is 10.1. The summed E-state index contributed by atoms with van der Waals surface area (Å²) in [6.45, 7) is 1.94. The average molecular weight is 271 g/mol. The predicted octanol–water partition coefficient (Wildman–Crippen LogP) is 1.96. The summed E-state index contributed by atoms with van der Waals surface area (Å²) in [5.41, 5.74) is 1.02. The summed E-state index contributed by atoms with van der Waals surface area (Å²) in [6, 6.07) is 7.46. The van der Waals surface area contributed by atoms with Gasteiger partial charge in [-0.2, -0.15) is 11.8 Å². The molecule has 3 nitrogen and oxygen atoms in total. The molecule has 0 aromatic heterocycles. The number of nitrogens with one attached hydrogen (secondary N) is 1. The van der Waals surface area contributed by atoms with Crippen LogP contribution in [0.4, 0.5) is 0 Å². The summed E-state index contributed by atoms with van der Waals surface area (Å²) in [6.07, 6.45) is 3.55. The van der Waals surface area contributed by atoms with Gasteiger partial charge in [-0.25, -0.2) is 0 Å². The predicted molar refractivity (Wildman–Crippen MR) is 73.7 cm³/mol. The molecular formula is C12H17NO2S2. The van der Waals surface area contributed by atoms with Crippen molar-refractivity contribution in [2.45, 2.75) is 17.9 Å². The van der Waals surface area contributed by atoms with Crippen LogP contribution in [0, 0.1) is 0 Å². The molecule has 0 aliphatic heterocycles. The fourth-order valence-electron chi connectivity index (χ4n) is 1.45. The summed E-state index contributed by atoms with van der Waals surface area (Å²) >= 11 is 1.50. The van der Waals surface area contributed by atoms with E-state index in [4.69, 9.17) is 0 Å². The van der Waals surface area contributed by atoms with Crippen molar-refractivity contribution < 1.29 is 9.00 Å². The highest BCUT2D eigenvalue weighted by Gasteiger charge is 2.09. The fourth-order valence-corrected chi connectivity index (χ4v) is 2.31. The normalized spacial score (nSPS) is 14.1. The Hall–Kier alpha value is -0.810. The molecule has 0 unspecified atom stereocenters. The molecule has 1 N–H and O–H groups in total. The van der Waals surface area contributed by atoms with Gasteiger partial charge in [0.15, 0.2) is 0 Å². The number of carbonyl (C=O) groups excluding carboxylic acids is 1. The topological polar surface area (TPSA) is 46.2 Å². The van der Waals surface area contributed by atoms with Crippen LogP contribution < -0.4 is 5.32 Å². The van der Waals surface area contributed by atoms with Crippen LogP contribution in [0.1, 0.15) is 18.5 Å². The molecule has 0 heterocycles. The summed E-state index contributed by atoms with van der Waals surface area (Å²) in [7, 11) is -0.955. The standard InChI is InChI=1S/C12H17NO2S2/c1-9(13-12(14)8-16-2)10-4-6-11(7-5-10)17(3)15/h4-7,9H,8H2,1-3H3,(H,13,14)/t9-,17-/m0/s1. The first-order chi connectivity index (χ1) is 8.04. The highest BCUT2D eigenvalue weighted by molar-refractivity contribution is 7.99. The monoisotopic (exact) mass is 271 g/mol. The van der Waals surface area contributed by atoms with Gasteiger partial charge in [-0.3, -0.25) is 9.00 Å². The van der Waals surface area contributed by atoms with E-state index in [-0.39, 0.29) is 11.9 Å². The Bertz CT molecular complexity index is 403. The zero-order valence-electron chi connectivity index (χ0n) is 10.2. The summed E-state index contributed by atoms with van der Waals surface area (Å²) in [5, 5.41) is 2.91. The molecule has 17 heavy (non-hydrogen) atoms. The molecule has 2 atom stereocenters. The third kappa shape index (κ3) is 4.52. The molecule has 0 bridgehead atoms. The van der Waals surface area contributed by atoms with Crippen LogP contribution in [0.2, 0.25) is 0 Å². The van der Waals surface area contributed by atoms with Crippen LogP contribution in [0.3, 0.4) is 0 Å². The van der Waals surface area contributed by atoms with Crippen molar-refractivity contribution in [2.75, 3.05) is 18.3 Å². The van der Waals surface area contributed by atoms with Crippen molar-refractivity contribution in [3.63, 3.8) is 0 Å². The molecule has 1 amide bonds. The van der Waals surface area contributed by atoms with E-state index in [1.807, 2.05) is 37.4 Å².